The molecule has 2 rings (SSSR count). The normalized spacial score (nSPS) is 17.0. The van der Waals surface area contributed by atoms with Crippen molar-refractivity contribution >= 4 is 11.8 Å². The van der Waals surface area contributed by atoms with E-state index >= 15 is 0 Å². The zero-order valence-electron chi connectivity index (χ0n) is 8.44. The average Bonchev–Trinajstić information content (AvgIpc) is 2.47. The maximum atomic E-state index is 5.55. The molecule has 1 fully saturated rings. The van der Waals surface area contributed by atoms with Crippen molar-refractivity contribution in [2.45, 2.75) is 36.9 Å². The molecule has 14 heavy (non-hydrogen) atoms. The van der Waals surface area contributed by atoms with Gasteiger partial charge in [0.2, 0.25) is 0 Å². The molecular weight excluding hydrogens is 196 g/mol. The molecule has 0 aliphatic heterocycles. The molecule has 0 spiro atoms. The number of nitrogens with two attached hydrogens (primary N) is 1. The van der Waals surface area contributed by atoms with Gasteiger partial charge in [-0.25, -0.2) is 0 Å². The summed E-state index contributed by atoms with van der Waals surface area (Å²) < 4.78 is 2.28. The summed E-state index contributed by atoms with van der Waals surface area (Å²) >= 11 is 1.67. The predicted molar refractivity (Wildman–Crippen MR) is 57.4 cm³/mol. The third kappa shape index (κ3) is 1.66. The van der Waals surface area contributed by atoms with Crippen molar-refractivity contribution in [3.63, 3.8) is 0 Å². The molecule has 0 atom stereocenters. The third-order valence-corrected chi connectivity index (χ3v) is 3.37. The summed E-state index contributed by atoms with van der Waals surface area (Å²) in [4.78, 5) is 0. The zero-order chi connectivity index (χ0) is 9.97. The van der Waals surface area contributed by atoms with Gasteiger partial charge in [-0.1, -0.05) is 11.8 Å². The highest BCUT2D eigenvalue weighted by Gasteiger charge is 2.24. The van der Waals surface area contributed by atoms with Gasteiger partial charge in [0.25, 0.3) is 0 Å². The van der Waals surface area contributed by atoms with E-state index in [1.807, 2.05) is 6.26 Å². The second-order valence-electron chi connectivity index (χ2n) is 3.60. The van der Waals surface area contributed by atoms with E-state index in [-0.39, 0.29) is 0 Å². The van der Waals surface area contributed by atoms with Crippen LogP contribution in [0.2, 0.25) is 0 Å². The van der Waals surface area contributed by atoms with Gasteiger partial charge in [-0.15, -0.1) is 10.2 Å². The molecule has 4 nitrogen and oxygen atoms in total. The molecule has 0 radical (unpaired) electrons. The van der Waals surface area contributed by atoms with Crippen molar-refractivity contribution in [1.29, 1.82) is 0 Å². The molecule has 1 aromatic heterocycles. The van der Waals surface area contributed by atoms with Crippen molar-refractivity contribution in [2.24, 2.45) is 5.73 Å². The van der Waals surface area contributed by atoms with E-state index in [1.165, 1.54) is 19.3 Å². The van der Waals surface area contributed by atoms with Gasteiger partial charge in [-0.05, 0) is 32.1 Å². The predicted octanol–water partition coefficient (Wildman–Crippen LogP) is 1.23. The van der Waals surface area contributed by atoms with Crippen LogP contribution in [0.5, 0.6) is 0 Å². The number of thioether (sulfide) groups is 1. The van der Waals surface area contributed by atoms with Crippen LogP contribution in [-0.4, -0.2) is 27.6 Å². The molecule has 0 aromatic carbocycles. The van der Waals surface area contributed by atoms with E-state index in [0.717, 1.165) is 17.4 Å². The van der Waals surface area contributed by atoms with Gasteiger partial charge in [0.1, 0.15) is 5.82 Å². The minimum atomic E-state index is 0.633. The van der Waals surface area contributed by atoms with Crippen LogP contribution < -0.4 is 5.73 Å². The Labute approximate surface area is 88.3 Å². The highest BCUT2D eigenvalue weighted by molar-refractivity contribution is 7.98. The fraction of sp³-hybridized carbons (Fsp3) is 0.778. The summed E-state index contributed by atoms with van der Waals surface area (Å²) in [7, 11) is 0. The molecular formula is C9H16N4S. The van der Waals surface area contributed by atoms with Crippen molar-refractivity contribution < 1.29 is 0 Å². The second kappa shape index (κ2) is 4.31. The van der Waals surface area contributed by atoms with Crippen LogP contribution in [0.3, 0.4) is 0 Å². The molecule has 78 valence electrons. The minimum Gasteiger partial charge on any atom is -0.330 e. The lowest BCUT2D eigenvalue weighted by Gasteiger charge is -2.28. The molecule has 5 heteroatoms. The standard InChI is InChI=1S/C9H16N4S/c1-14-9-12-11-8(5-6-10)13(9)7-3-2-4-7/h7H,2-6,10H2,1H3. The summed E-state index contributed by atoms with van der Waals surface area (Å²) in [6.07, 6.45) is 6.75. The highest BCUT2D eigenvalue weighted by Crippen LogP contribution is 2.35. The van der Waals surface area contributed by atoms with Gasteiger partial charge < -0.3 is 10.3 Å². The van der Waals surface area contributed by atoms with Crippen molar-refractivity contribution in [1.82, 2.24) is 14.8 Å². The molecule has 0 amide bonds. The Morgan fingerprint density at radius 1 is 1.50 bits per heavy atom. The fourth-order valence-electron chi connectivity index (χ4n) is 1.76. The molecule has 1 aliphatic carbocycles. The Morgan fingerprint density at radius 2 is 2.29 bits per heavy atom. The Kier molecular flexibility index (Phi) is 3.08. The van der Waals surface area contributed by atoms with E-state index in [9.17, 15) is 0 Å². The van der Waals surface area contributed by atoms with Gasteiger partial charge in [0.15, 0.2) is 5.16 Å². The van der Waals surface area contributed by atoms with Crippen LogP contribution in [0.1, 0.15) is 31.1 Å². The SMILES string of the molecule is CSc1nnc(CCN)n1C1CCC1. The Hall–Kier alpha value is -0.550. The second-order valence-corrected chi connectivity index (χ2v) is 4.37. The monoisotopic (exact) mass is 212 g/mol. The number of aromatic nitrogens is 3. The third-order valence-electron chi connectivity index (χ3n) is 2.73. The number of nitrogens with zero attached hydrogens (tertiary/aromatic N) is 3. The fourth-order valence-corrected chi connectivity index (χ4v) is 2.33. The molecule has 0 saturated heterocycles. The first kappa shape index (κ1) is 9.98. The lowest BCUT2D eigenvalue weighted by Crippen LogP contribution is -2.21. The van der Waals surface area contributed by atoms with Crippen molar-refractivity contribution in [2.75, 3.05) is 12.8 Å². The molecule has 1 saturated carbocycles. The average molecular weight is 212 g/mol. The van der Waals surface area contributed by atoms with Crippen molar-refractivity contribution in [3.8, 4) is 0 Å². The first-order valence-electron chi connectivity index (χ1n) is 5.04. The quantitative estimate of drug-likeness (QED) is 0.763. The maximum absolute atomic E-state index is 5.55. The smallest absolute Gasteiger partial charge is 0.191 e. The molecule has 1 aliphatic rings. The minimum absolute atomic E-state index is 0.633. The maximum Gasteiger partial charge on any atom is 0.191 e. The van der Waals surface area contributed by atoms with Crippen LogP contribution in [0.25, 0.3) is 0 Å². The molecule has 0 unspecified atom stereocenters. The van der Waals surface area contributed by atoms with Gasteiger partial charge in [0, 0.05) is 12.5 Å². The van der Waals surface area contributed by atoms with Gasteiger partial charge in [-0.3, -0.25) is 0 Å². The summed E-state index contributed by atoms with van der Waals surface area (Å²) in [6.45, 7) is 0.652. The topological polar surface area (TPSA) is 56.7 Å². The van der Waals surface area contributed by atoms with Gasteiger partial charge in [-0.2, -0.15) is 0 Å². The van der Waals surface area contributed by atoms with E-state index < -0.39 is 0 Å². The van der Waals surface area contributed by atoms with Crippen LogP contribution in [-0.2, 0) is 6.42 Å². The molecule has 1 aromatic rings. The van der Waals surface area contributed by atoms with Crippen molar-refractivity contribution in [3.05, 3.63) is 5.82 Å². The van der Waals surface area contributed by atoms with Crippen LogP contribution in [0.15, 0.2) is 5.16 Å². The zero-order valence-corrected chi connectivity index (χ0v) is 9.26. The summed E-state index contributed by atoms with van der Waals surface area (Å²) in [5.74, 6) is 1.06. The molecule has 2 N–H and O–H groups in total. The van der Waals surface area contributed by atoms with Crippen LogP contribution in [0.4, 0.5) is 0 Å². The van der Waals surface area contributed by atoms with Gasteiger partial charge in [0.05, 0.1) is 0 Å². The molecule has 0 bridgehead atoms. The van der Waals surface area contributed by atoms with Crippen LogP contribution >= 0.6 is 11.8 Å². The Balaban J connectivity index is 2.25. The summed E-state index contributed by atoms with van der Waals surface area (Å²) in [5, 5.41) is 9.41. The van der Waals surface area contributed by atoms with E-state index in [2.05, 4.69) is 14.8 Å². The lowest BCUT2D eigenvalue weighted by atomic mass is 9.93. The number of hydrogen-bond acceptors (Lipinski definition) is 4. The largest absolute Gasteiger partial charge is 0.330 e. The lowest BCUT2D eigenvalue weighted by molar-refractivity contribution is 0.289. The highest BCUT2D eigenvalue weighted by atomic mass is 32.2. The first-order valence-corrected chi connectivity index (χ1v) is 6.27. The molecule has 1 heterocycles. The van der Waals surface area contributed by atoms with E-state index in [1.54, 1.807) is 11.8 Å². The van der Waals surface area contributed by atoms with E-state index in [4.69, 9.17) is 5.73 Å². The van der Waals surface area contributed by atoms with E-state index in [0.29, 0.717) is 12.6 Å². The number of rotatable bonds is 4. The summed E-state index contributed by atoms with van der Waals surface area (Å²) in [6, 6.07) is 0.633. The Morgan fingerprint density at radius 3 is 2.79 bits per heavy atom. The number of hydrogen-bond donors (Lipinski definition) is 1. The van der Waals surface area contributed by atoms with Gasteiger partial charge >= 0.3 is 0 Å². The summed E-state index contributed by atoms with van der Waals surface area (Å²) in [5.41, 5.74) is 5.55. The Bertz CT molecular complexity index is 306. The van der Waals surface area contributed by atoms with Crippen LogP contribution in [0, 0.1) is 0 Å². The first-order chi connectivity index (χ1) is 6.86.